The van der Waals surface area contributed by atoms with Crippen molar-refractivity contribution in [2.75, 3.05) is 0 Å². The average Bonchev–Trinajstić information content (AvgIpc) is 2.03. The largest absolute Gasteiger partial charge is 0.520 e. The maximum atomic E-state index is 12.8. The molecule has 4 heteroatoms. The minimum Gasteiger partial charge on any atom is -0.520 e. The molecule has 1 unspecified atom stereocenters. The van der Waals surface area contributed by atoms with E-state index in [1.807, 2.05) is 0 Å². The van der Waals surface area contributed by atoms with Gasteiger partial charge in [-0.05, 0) is 5.56 Å². The third kappa shape index (κ3) is 2.03. The van der Waals surface area contributed by atoms with Crippen molar-refractivity contribution in [3.63, 3.8) is 0 Å². The number of hydrogen-bond acceptors (Lipinski definition) is 0. The third-order valence-corrected chi connectivity index (χ3v) is 1.43. The first kappa shape index (κ1) is 9.17. The van der Waals surface area contributed by atoms with Crippen molar-refractivity contribution in [3.05, 3.63) is 35.9 Å². The maximum Gasteiger partial charge on any atom is 0.144 e. The number of rotatable bonds is 2. The van der Waals surface area contributed by atoms with E-state index in [1.54, 1.807) is 6.07 Å². The topological polar surface area (TPSA) is 0 Å². The lowest BCUT2D eigenvalue weighted by molar-refractivity contribution is 0.00486. The van der Waals surface area contributed by atoms with Gasteiger partial charge in [0.1, 0.15) is 6.17 Å². The summed E-state index contributed by atoms with van der Waals surface area (Å²) in [6.07, 6.45) is -2.43. The molecule has 0 nitrogen and oxygen atoms in total. The lowest BCUT2D eigenvalue weighted by atomic mass is 9.90. The number of halogens is 3. The van der Waals surface area contributed by atoms with Crippen LogP contribution in [0.4, 0.5) is 13.2 Å². The van der Waals surface area contributed by atoms with Crippen molar-refractivity contribution in [2.24, 2.45) is 0 Å². The molecule has 0 bridgehead atoms. The van der Waals surface area contributed by atoms with Gasteiger partial charge in [-0.2, -0.15) is 0 Å². The van der Waals surface area contributed by atoms with Gasteiger partial charge < -0.3 is 7.85 Å². The standard InChI is InChI=1S/C8H6BF3/c9-8(11,12)7(10)6-4-2-1-3-5-6/h1-5,7H/q-1. The van der Waals surface area contributed by atoms with Gasteiger partial charge in [-0.25, -0.2) is 4.39 Å². The van der Waals surface area contributed by atoms with Crippen molar-refractivity contribution < 1.29 is 13.2 Å². The van der Waals surface area contributed by atoms with Gasteiger partial charge in [0.25, 0.3) is 0 Å². The smallest absolute Gasteiger partial charge is 0.144 e. The van der Waals surface area contributed by atoms with Crippen molar-refractivity contribution in [1.82, 2.24) is 0 Å². The Balaban J connectivity index is 2.86. The summed E-state index contributed by atoms with van der Waals surface area (Å²) in [5.41, 5.74) is -0.106. The molecule has 0 aliphatic carbocycles. The molecular weight excluding hydrogens is 164 g/mol. The zero-order valence-corrected chi connectivity index (χ0v) is 6.18. The normalized spacial score (nSPS) is 14.3. The molecule has 0 spiro atoms. The molecule has 63 valence electrons. The van der Waals surface area contributed by atoms with E-state index >= 15 is 0 Å². The van der Waals surface area contributed by atoms with Crippen molar-refractivity contribution in [1.29, 1.82) is 0 Å². The van der Waals surface area contributed by atoms with Gasteiger partial charge in [0.05, 0.1) is 5.82 Å². The Bertz CT molecular complexity index is 242. The molecule has 0 heterocycles. The minimum atomic E-state index is -3.80. The van der Waals surface area contributed by atoms with Crippen LogP contribution >= 0.6 is 0 Å². The first-order valence-corrected chi connectivity index (χ1v) is 3.37. The van der Waals surface area contributed by atoms with Gasteiger partial charge >= 0.3 is 0 Å². The molecule has 0 amide bonds. The van der Waals surface area contributed by atoms with Crippen LogP contribution in [-0.2, 0) is 0 Å². The molecule has 0 fully saturated rings. The van der Waals surface area contributed by atoms with Gasteiger partial charge in [0.2, 0.25) is 0 Å². The molecule has 1 aromatic rings. The highest BCUT2D eigenvalue weighted by atomic mass is 19.3. The fraction of sp³-hybridized carbons (Fsp3) is 0.250. The molecule has 1 aromatic carbocycles. The van der Waals surface area contributed by atoms with E-state index in [4.69, 9.17) is 0 Å². The lowest BCUT2D eigenvalue weighted by Gasteiger charge is -2.28. The zero-order valence-electron chi connectivity index (χ0n) is 6.18. The Labute approximate surface area is 69.8 Å². The molecule has 0 N–H and O–H groups in total. The molecule has 1 atom stereocenters. The van der Waals surface area contributed by atoms with Crippen molar-refractivity contribution >= 4 is 7.85 Å². The third-order valence-electron chi connectivity index (χ3n) is 1.43. The Morgan fingerprint density at radius 2 is 1.67 bits per heavy atom. The second kappa shape index (κ2) is 3.21. The second-order valence-corrected chi connectivity index (χ2v) is 2.45. The summed E-state index contributed by atoms with van der Waals surface area (Å²) in [4.78, 5) is 0. The van der Waals surface area contributed by atoms with Crippen LogP contribution in [-0.4, -0.2) is 13.7 Å². The predicted molar refractivity (Wildman–Crippen MR) is 41.0 cm³/mol. The first-order valence-electron chi connectivity index (χ1n) is 3.37. The summed E-state index contributed by atoms with van der Waals surface area (Å²) < 4.78 is 37.2. The predicted octanol–water partition coefficient (Wildman–Crippen LogP) is 2.46. The quantitative estimate of drug-likeness (QED) is 0.598. The zero-order chi connectivity index (χ0) is 9.19. The molecular formula is C8H6BF3-. The Morgan fingerprint density at radius 3 is 2.08 bits per heavy atom. The summed E-state index contributed by atoms with van der Waals surface area (Å²) in [6, 6.07) is 7.11. The van der Waals surface area contributed by atoms with Crippen LogP contribution in [0.15, 0.2) is 30.3 Å². The van der Waals surface area contributed by atoms with Crippen LogP contribution < -0.4 is 0 Å². The number of hydrogen-bond donors (Lipinski definition) is 0. The highest BCUT2D eigenvalue weighted by molar-refractivity contribution is 6.13. The average molecular weight is 170 g/mol. The van der Waals surface area contributed by atoms with Gasteiger partial charge in [-0.15, -0.1) is 0 Å². The molecule has 0 aliphatic heterocycles. The highest BCUT2D eigenvalue weighted by Gasteiger charge is 2.22. The van der Waals surface area contributed by atoms with E-state index in [9.17, 15) is 13.2 Å². The SMILES string of the molecule is [B-]C(F)(F)C(F)c1ccccc1. The summed E-state index contributed by atoms with van der Waals surface area (Å²) in [7, 11) is 4.30. The molecule has 0 aromatic heterocycles. The highest BCUT2D eigenvalue weighted by Crippen LogP contribution is 2.31. The van der Waals surface area contributed by atoms with Crippen LogP contribution in [0.3, 0.4) is 0 Å². The van der Waals surface area contributed by atoms with E-state index in [0.29, 0.717) is 0 Å². The van der Waals surface area contributed by atoms with Crippen LogP contribution in [0.2, 0.25) is 0 Å². The van der Waals surface area contributed by atoms with Crippen LogP contribution in [0, 0.1) is 0 Å². The second-order valence-electron chi connectivity index (χ2n) is 2.45. The lowest BCUT2D eigenvalue weighted by Crippen LogP contribution is -2.23. The van der Waals surface area contributed by atoms with E-state index in [1.165, 1.54) is 24.3 Å². The van der Waals surface area contributed by atoms with Gasteiger partial charge in [-0.3, -0.25) is 8.78 Å². The van der Waals surface area contributed by atoms with E-state index < -0.39 is 12.0 Å². The van der Waals surface area contributed by atoms with Crippen molar-refractivity contribution in [3.8, 4) is 0 Å². The van der Waals surface area contributed by atoms with Crippen LogP contribution in [0.25, 0.3) is 0 Å². The van der Waals surface area contributed by atoms with E-state index in [0.717, 1.165) is 0 Å². The molecule has 0 saturated heterocycles. The summed E-state index contributed by atoms with van der Waals surface area (Å²) in [5, 5.41) is 0. The van der Waals surface area contributed by atoms with E-state index in [2.05, 4.69) is 7.85 Å². The Kier molecular flexibility index (Phi) is 2.45. The maximum absolute atomic E-state index is 12.8. The number of alkyl halides is 3. The van der Waals surface area contributed by atoms with Crippen molar-refractivity contribution in [2.45, 2.75) is 12.0 Å². The fourth-order valence-electron chi connectivity index (χ4n) is 0.844. The molecule has 0 aliphatic rings. The number of benzene rings is 1. The fourth-order valence-corrected chi connectivity index (χ4v) is 0.844. The summed E-state index contributed by atoms with van der Waals surface area (Å²) in [5.74, 6) is -3.80. The van der Waals surface area contributed by atoms with Gasteiger partial charge in [-0.1, -0.05) is 30.3 Å². The monoisotopic (exact) mass is 170 g/mol. The van der Waals surface area contributed by atoms with Gasteiger partial charge in [0, 0.05) is 0 Å². The molecule has 0 saturated carbocycles. The van der Waals surface area contributed by atoms with E-state index in [-0.39, 0.29) is 5.56 Å². The minimum absolute atomic E-state index is 0.106. The molecule has 1 rings (SSSR count). The summed E-state index contributed by atoms with van der Waals surface area (Å²) in [6.45, 7) is 0. The molecule has 3 radical (unpaired) electrons. The summed E-state index contributed by atoms with van der Waals surface area (Å²) >= 11 is 0. The van der Waals surface area contributed by atoms with Crippen LogP contribution in [0.1, 0.15) is 11.7 Å². The molecule has 12 heavy (non-hydrogen) atoms. The Hall–Kier alpha value is -0.925. The first-order chi connectivity index (χ1) is 5.52. The van der Waals surface area contributed by atoms with Gasteiger partial charge in [0.15, 0.2) is 0 Å². The van der Waals surface area contributed by atoms with Crippen LogP contribution in [0.5, 0.6) is 0 Å². The Morgan fingerprint density at radius 1 is 1.17 bits per heavy atom.